The molecule has 16 heavy (non-hydrogen) atoms. The lowest BCUT2D eigenvalue weighted by molar-refractivity contribution is 0.0730. The molecule has 1 fully saturated rings. The van der Waals surface area contributed by atoms with Crippen molar-refractivity contribution in [3.8, 4) is 0 Å². The van der Waals surface area contributed by atoms with E-state index in [1.807, 2.05) is 4.90 Å². The molecule has 0 bridgehead atoms. The predicted molar refractivity (Wildman–Crippen MR) is 61.4 cm³/mol. The fourth-order valence-electron chi connectivity index (χ4n) is 1.78. The Balaban J connectivity index is 2.07. The molecule has 2 N–H and O–H groups in total. The standard InChI is InChI=1S/C11H18N4O/c1-8(2)10-13-7-9(14-10)11(16)15-5-3-12-4-6-15/h7-8,12H,3-6H2,1-2H3,(H,13,14). The van der Waals surface area contributed by atoms with Crippen LogP contribution in [0.2, 0.25) is 0 Å². The lowest BCUT2D eigenvalue weighted by atomic mass is 10.2. The van der Waals surface area contributed by atoms with Gasteiger partial charge in [0.15, 0.2) is 0 Å². The zero-order chi connectivity index (χ0) is 11.5. The van der Waals surface area contributed by atoms with Crippen LogP contribution in [0.3, 0.4) is 0 Å². The quantitative estimate of drug-likeness (QED) is 0.769. The van der Waals surface area contributed by atoms with E-state index in [1.54, 1.807) is 6.20 Å². The van der Waals surface area contributed by atoms with E-state index < -0.39 is 0 Å². The molecule has 0 unspecified atom stereocenters. The van der Waals surface area contributed by atoms with Crippen molar-refractivity contribution in [1.82, 2.24) is 20.2 Å². The van der Waals surface area contributed by atoms with Gasteiger partial charge in [0.1, 0.15) is 11.5 Å². The number of piperazine rings is 1. The van der Waals surface area contributed by atoms with Crippen molar-refractivity contribution in [3.05, 3.63) is 17.7 Å². The van der Waals surface area contributed by atoms with Gasteiger partial charge in [-0.3, -0.25) is 4.79 Å². The van der Waals surface area contributed by atoms with Crippen LogP contribution in [-0.4, -0.2) is 47.0 Å². The summed E-state index contributed by atoms with van der Waals surface area (Å²) in [5.41, 5.74) is 0.602. The second kappa shape index (κ2) is 4.65. The number of imidazole rings is 1. The van der Waals surface area contributed by atoms with Gasteiger partial charge in [0, 0.05) is 32.1 Å². The Morgan fingerprint density at radius 2 is 2.12 bits per heavy atom. The van der Waals surface area contributed by atoms with Gasteiger partial charge < -0.3 is 15.2 Å². The first-order valence-corrected chi connectivity index (χ1v) is 5.73. The van der Waals surface area contributed by atoms with Gasteiger partial charge in [-0.2, -0.15) is 0 Å². The molecule has 5 heteroatoms. The van der Waals surface area contributed by atoms with E-state index in [1.165, 1.54) is 0 Å². The van der Waals surface area contributed by atoms with Gasteiger partial charge in [-0.15, -0.1) is 0 Å². The van der Waals surface area contributed by atoms with E-state index in [-0.39, 0.29) is 5.91 Å². The highest BCUT2D eigenvalue weighted by Crippen LogP contribution is 2.11. The van der Waals surface area contributed by atoms with Gasteiger partial charge in [0.25, 0.3) is 5.91 Å². The third-order valence-corrected chi connectivity index (χ3v) is 2.78. The lowest BCUT2D eigenvalue weighted by Crippen LogP contribution is -2.46. The number of hydrogen-bond donors (Lipinski definition) is 2. The number of nitrogens with one attached hydrogen (secondary N) is 2. The maximum atomic E-state index is 12.1. The summed E-state index contributed by atoms with van der Waals surface area (Å²) >= 11 is 0. The molecule has 1 amide bonds. The van der Waals surface area contributed by atoms with E-state index in [0.717, 1.165) is 32.0 Å². The smallest absolute Gasteiger partial charge is 0.272 e. The Labute approximate surface area is 95.2 Å². The molecule has 1 aromatic rings. The number of rotatable bonds is 2. The average molecular weight is 222 g/mol. The van der Waals surface area contributed by atoms with Crippen molar-refractivity contribution in [1.29, 1.82) is 0 Å². The molecule has 1 saturated heterocycles. The summed E-state index contributed by atoms with van der Waals surface area (Å²) in [6.45, 7) is 7.40. The van der Waals surface area contributed by atoms with Crippen LogP contribution in [0.5, 0.6) is 0 Å². The van der Waals surface area contributed by atoms with E-state index in [4.69, 9.17) is 0 Å². The number of carbonyl (C=O) groups excluding carboxylic acids is 1. The summed E-state index contributed by atoms with van der Waals surface area (Å²) in [6, 6.07) is 0. The predicted octanol–water partition coefficient (Wildman–Crippen LogP) is 0.578. The van der Waals surface area contributed by atoms with Crippen LogP contribution in [0.15, 0.2) is 6.20 Å². The molecule has 1 aliphatic rings. The number of hydrogen-bond acceptors (Lipinski definition) is 3. The van der Waals surface area contributed by atoms with Gasteiger partial charge in [-0.05, 0) is 0 Å². The van der Waals surface area contributed by atoms with Crippen LogP contribution in [0.25, 0.3) is 0 Å². The molecule has 88 valence electrons. The minimum atomic E-state index is 0.0564. The van der Waals surface area contributed by atoms with Crippen LogP contribution in [0.4, 0.5) is 0 Å². The molecule has 0 aliphatic carbocycles. The van der Waals surface area contributed by atoms with Crippen molar-refractivity contribution in [2.24, 2.45) is 0 Å². The second-order valence-electron chi connectivity index (χ2n) is 4.38. The molecule has 0 aromatic carbocycles. The monoisotopic (exact) mass is 222 g/mol. The molecule has 0 saturated carbocycles. The van der Waals surface area contributed by atoms with Crippen molar-refractivity contribution in [2.75, 3.05) is 26.2 Å². The van der Waals surface area contributed by atoms with E-state index >= 15 is 0 Å². The number of nitrogens with zero attached hydrogens (tertiary/aromatic N) is 2. The van der Waals surface area contributed by atoms with E-state index in [0.29, 0.717) is 11.6 Å². The maximum Gasteiger partial charge on any atom is 0.272 e. The van der Waals surface area contributed by atoms with E-state index in [2.05, 4.69) is 29.1 Å². The second-order valence-corrected chi connectivity index (χ2v) is 4.38. The molecule has 1 aliphatic heterocycles. The lowest BCUT2D eigenvalue weighted by Gasteiger charge is -2.26. The normalized spacial score (nSPS) is 16.8. The van der Waals surface area contributed by atoms with Crippen LogP contribution in [0.1, 0.15) is 36.1 Å². The minimum absolute atomic E-state index is 0.0564. The first kappa shape index (κ1) is 11.1. The first-order valence-electron chi connectivity index (χ1n) is 5.73. The fraction of sp³-hybridized carbons (Fsp3) is 0.636. The minimum Gasteiger partial charge on any atom is -0.338 e. The van der Waals surface area contributed by atoms with E-state index in [9.17, 15) is 4.79 Å². The molecular formula is C11H18N4O. The van der Waals surface area contributed by atoms with Gasteiger partial charge in [-0.1, -0.05) is 13.8 Å². The molecule has 0 atom stereocenters. The fourth-order valence-corrected chi connectivity index (χ4v) is 1.78. The van der Waals surface area contributed by atoms with Gasteiger partial charge >= 0.3 is 0 Å². The molecule has 5 nitrogen and oxygen atoms in total. The van der Waals surface area contributed by atoms with Gasteiger partial charge in [0.2, 0.25) is 0 Å². The highest BCUT2D eigenvalue weighted by atomic mass is 16.2. The van der Waals surface area contributed by atoms with Crippen LogP contribution in [0, 0.1) is 0 Å². The Morgan fingerprint density at radius 1 is 1.44 bits per heavy atom. The summed E-state index contributed by atoms with van der Waals surface area (Å²) in [4.78, 5) is 21.2. The molecule has 0 spiro atoms. The summed E-state index contributed by atoms with van der Waals surface area (Å²) in [7, 11) is 0. The summed E-state index contributed by atoms with van der Waals surface area (Å²) in [5.74, 6) is 1.25. The largest absolute Gasteiger partial charge is 0.338 e. The van der Waals surface area contributed by atoms with Crippen LogP contribution in [-0.2, 0) is 0 Å². The Morgan fingerprint density at radius 3 is 2.69 bits per heavy atom. The highest BCUT2D eigenvalue weighted by molar-refractivity contribution is 5.92. The van der Waals surface area contributed by atoms with Gasteiger partial charge in [-0.25, -0.2) is 4.98 Å². The number of aromatic nitrogens is 2. The summed E-state index contributed by atoms with van der Waals surface area (Å²) < 4.78 is 0. The Kier molecular flexibility index (Phi) is 3.24. The van der Waals surface area contributed by atoms with Crippen molar-refractivity contribution in [2.45, 2.75) is 19.8 Å². The van der Waals surface area contributed by atoms with Crippen LogP contribution < -0.4 is 5.32 Å². The number of carbonyl (C=O) groups is 1. The zero-order valence-corrected chi connectivity index (χ0v) is 9.79. The molecule has 1 aromatic heterocycles. The third-order valence-electron chi connectivity index (χ3n) is 2.78. The molecule has 2 heterocycles. The molecule has 0 radical (unpaired) electrons. The third kappa shape index (κ3) is 2.24. The SMILES string of the molecule is CC(C)c1ncc(C(=O)N2CCNCC2)[nH]1. The zero-order valence-electron chi connectivity index (χ0n) is 9.79. The number of aromatic amines is 1. The molecule has 2 rings (SSSR count). The first-order chi connectivity index (χ1) is 7.68. The van der Waals surface area contributed by atoms with Crippen LogP contribution >= 0.6 is 0 Å². The Bertz CT molecular complexity index is 366. The summed E-state index contributed by atoms with van der Waals surface area (Å²) in [6.07, 6.45) is 1.64. The molecular weight excluding hydrogens is 204 g/mol. The van der Waals surface area contributed by atoms with Crippen molar-refractivity contribution in [3.63, 3.8) is 0 Å². The maximum absolute atomic E-state index is 12.1. The van der Waals surface area contributed by atoms with Gasteiger partial charge in [0.05, 0.1) is 6.20 Å². The highest BCUT2D eigenvalue weighted by Gasteiger charge is 2.19. The van der Waals surface area contributed by atoms with Crippen molar-refractivity contribution >= 4 is 5.91 Å². The topological polar surface area (TPSA) is 61.0 Å². The van der Waals surface area contributed by atoms with Crippen molar-refractivity contribution < 1.29 is 4.79 Å². The number of amides is 1. The average Bonchev–Trinajstić information content (AvgIpc) is 2.78. The summed E-state index contributed by atoms with van der Waals surface area (Å²) in [5, 5.41) is 3.22. The Hall–Kier alpha value is -1.36. The number of H-pyrrole nitrogens is 1.